The zero-order chi connectivity index (χ0) is 26.8. The van der Waals surface area contributed by atoms with E-state index in [1.54, 1.807) is 29.1 Å². The molecule has 2 aliphatic rings. The number of likely N-dealkylation sites (N-methyl/N-ethyl adjacent to an activating group) is 1. The van der Waals surface area contributed by atoms with E-state index in [-0.39, 0.29) is 37.4 Å². The number of hydrogen-bond donors (Lipinski definition) is 1. The van der Waals surface area contributed by atoms with Crippen molar-refractivity contribution in [3.05, 3.63) is 48.0 Å². The number of rotatable bonds is 11. The third-order valence-corrected chi connectivity index (χ3v) is 6.35. The van der Waals surface area contributed by atoms with Crippen LogP contribution in [0, 0.1) is 0 Å². The number of benzene rings is 1. The largest absolute Gasteiger partial charge is 0.445 e. The molecule has 0 spiro atoms. The molecule has 1 aromatic rings. The monoisotopic (exact) mass is 515 g/mol. The Balaban J connectivity index is 1.64. The molecule has 2 atom stereocenters. The number of alkyl carbamates (subject to hydrolysis) is 1. The molecule has 1 aromatic carbocycles. The van der Waals surface area contributed by atoms with Crippen LogP contribution in [0.15, 0.2) is 42.5 Å². The molecule has 37 heavy (non-hydrogen) atoms. The summed E-state index contributed by atoms with van der Waals surface area (Å²) in [6, 6.07) is 9.02. The van der Waals surface area contributed by atoms with E-state index in [4.69, 9.17) is 9.47 Å². The van der Waals surface area contributed by atoms with Gasteiger partial charge in [-0.05, 0) is 25.3 Å². The molecule has 0 bridgehead atoms. The number of nitrogens with zero attached hydrogens (tertiary/aromatic N) is 4. The molecule has 1 N–H and O–H groups in total. The Morgan fingerprint density at radius 2 is 1.95 bits per heavy atom. The summed E-state index contributed by atoms with van der Waals surface area (Å²) in [5, 5.41) is 5.81. The van der Waals surface area contributed by atoms with Crippen LogP contribution in [-0.4, -0.2) is 102 Å². The molecule has 0 aromatic heterocycles. The van der Waals surface area contributed by atoms with Crippen LogP contribution in [0.1, 0.15) is 32.3 Å². The molecule has 11 nitrogen and oxygen atoms in total. The second-order valence-corrected chi connectivity index (χ2v) is 9.04. The number of hydrazine groups is 1. The molecular weight excluding hydrogens is 478 g/mol. The van der Waals surface area contributed by atoms with Crippen LogP contribution in [0.25, 0.3) is 0 Å². The highest BCUT2D eigenvalue weighted by molar-refractivity contribution is 5.91. The van der Waals surface area contributed by atoms with E-state index in [1.165, 1.54) is 16.8 Å². The minimum atomic E-state index is -0.739. The molecule has 4 amide bonds. The number of piperazine rings is 1. The summed E-state index contributed by atoms with van der Waals surface area (Å²) in [5.41, 5.74) is 1.04. The fraction of sp³-hybridized carbons (Fsp3) is 0.538. The predicted molar refractivity (Wildman–Crippen MR) is 136 cm³/mol. The average Bonchev–Trinajstić information content (AvgIpc) is 2.86. The van der Waals surface area contributed by atoms with Crippen LogP contribution in [0.3, 0.4) is 0 Å². The lowest BCUT2D eigenvalue weighted by Gasteiger charge is -2.54. The fourth-order valence-corrected chi connectivity index (χ4v) is 4.64. The average molecular weight is 516 g/mol. The SMILES string of the molecule is C/C=C/COC(=O)NCCC[C@H]1C(=O)N(CCOCc2ccccc2)C[C@H]2N1C(=O)CN(C)N2C(C)=O. The van der Waals surface area contributed by atoms with E-state index in [0.29, 0.717) is 39.1 Å². The van der Waals surface area contributed by atoms with Crippen molar-refractivity contribution in [2.45, 2.75) is 45.5 Å². The molecule has 2 saturated heterocycles. The van der Waals surface area contributed by atoms with Crippen LogP contribution in [0.2, 0.25) is 0 Å². The van der Waals surface area contributed by atoms with Crippen molar-refractivity contribution >= 4 is 23.8 Å². The van der Waals surface area contributed by atoms with Gasteiger partial charge in [0.05, 0.1) is 26.3 Å². The minimum Gasteiger partial charge on any atom is -0.445 e. The molecule has 0 aliphatic carbocycles. The van der Waals surface area contributed by atoms with Crippen LogP contribution in [0.4, 0.5) is 4.79 Å². The molecule has 2 aliphatic heterocycles. The number of amides is 4. The highest BCUT2D eigenvalue weighted by atomic mass is 16.5. The number of nitrogens with one attached hydrogen (secondary N) is 1. The minimum absolute atomic E-state index is 0.00949. The lowest BCUT2D eigenvalue weighted by atomic mass is 10.0. The first-order chi connectivity index (χ1) is 17.8. The lowest BCUT2D eigenvalue weighted by molar-refractivity contribution is -0.202. The van der Waals surface area contributed by atoms with Crippen molar-refractivity contribution < 1.29 is 28.7 Å². The van der Waals surface area contributed by atoms with Crippen LogP contribution in [-0.2, 0) is 30.5 Å². The molecular formula is C26H37N5O6. The van der Waals surface area contributed by atoms with Gasteiger partial charge in [-0.2, -0.15) is 0 Å². The number of hydrogen-bond acceptors (Lipinski definition) is 7. The summed E-state index contributed by atoms with van der Waals surface area (Å²) in [5.74, 6) is -0.595. The summed E-state index contributed by atoms with van der Waals surface area (Å²) in [4.78, 5) is 54.0. The molecule has 3 rings (SSSR count). The van der Waals surface area contributed by atoms with Gasteiger partial charge in [0, 0.05) is 27.1 Å². The molecule has 0 radical (unpaired) electrons. The van der Waals surface area contributed by atoms with Crippen molar-refractivity contribution in [1.29, 1.82) is 0 Å². The van der Waals surface area contributed by atoms with E-state index in [2.05, 4.69) is 5.32 Å². The maximum atomic E-state index is 13.5. The number of fused-ring (bicyclic) bond motifs is 1. The summed E-state index contributed by atoms with van der Waals surface area (Å²) in [6.07, 6.45) is 3.17. The standard InChI is InChI=1S/C26H37N5O6/c1-4-5-15-37-26(35)27-13-9-12-22-25(34)29(14-16-36-19-21-10-7-6-8-11-21)17-23-30(22)24(33)18-28(3)31(23)20(2)32/h4-8,10-11,22-23H,9,12-19H2,1-3H3,(H,27,35)/b5-4+/t22-,23-/m0/s1. The van der Waals surface area contributed by atoms with E-state index < -0.39 is 18.3 Å². The topological polar surface area (TPSA) is 112 Å². The summed E-state index contributed by atoms with van der Waals surface area (Å²) in [7, 11) is 1.69. The van der Waals surface area contributed by atoms with Crippen molar-refractivity contribution in [2.75, 3.05) is 46.4 Å². The zero-order valence-electron chi connectivity index (χ0n) is 21.8. The fourth-order valence-electron chi connectivity index (χ4n) is 4.64. The zero-order valence-corrected chi connectivity index (χ0v) is 21.8. The van der Waals surface area contributed by atoms with Crippen molar-refractivity contribution in [3.8, 4) is 0 Å². The Morgan fingerprint density at radius 3 is 2.65 bits per heavy atom. The van der Waals surface area contributed by atoms with E-state index >= 15 is 0 Å². The second kappa shape index (κ2) is 13.8. The smallest absolute Gasteiger partial charge is 0.407 e. The Labute approximate surface area is 217 Å². The third-order valence-electron chi connectivity index (χ3n) is 6.35. The molecule has 0 saturated carbocycles. The summed E-state index contributed by atoms with van der Waals surface area (Å²) < 4.78 is 10.8. The number of carbonyl (C=O) groups excluding carboxylic acids is 4. The van der Waals surface area contributed by atoms with Gasteiger partial charge in [0.15, 0.2) is 0 Å². The highest BCUT2D eigenvalue weighted by Crippen LogP contribution is 2.27. The Kier molecular flexibility index (Phi) is 10.5. The van der Waals surface area contributed by atoms with Gasteiger partial charge in [-0.3, -0.25) is 19.4 Å². The van der Waals surface area contributed by atoms with Crippen LogP contribution < -0.4 is 5.32 Å². The molecule has 202 valence electrons. The molecule has 2 heterocycles. The maximum absolute atomic E-state index is 13.5. The molecule has 11 heteroatoms. The number of carbonyl (C=O) groups is 4. The maximum Gasteiger partial charge on any atom is 0.407 e. The normalized spacial score (nSPS) is 20.4. The van der Waals surface area contributed by atoms with Gasteiger partial charge < -0.3 is 24.6 Å². The van der Waals surface area contributed by atoms with Crippen LogP contribution >= 0.6 is 0 Å². The van der Waals surface area contributed by atoms with Gasteiger partial charge in [-0.25, -0.2) is 9.80 Å². The van der Waals surface area contributed by atoms with Crippen molar-refractivity contribution in [2.24, 2.45) is 0 Å². The Bertz CT molecular complexity index is 971. The van der Waals surface area contributed by atoms with Gasteiger partial charge >= 0.3 is 6.09 Å². The first-order valence-electron chi connectivity index (χ1n) is 12.6. The summed E-state index contributed by atoms with van der Waals surface area (Å²) >= 11 is 0. The lowest BCUT2D eigenvalue weighted by Crippen LogP contribution is -2.75. The molecule has 2 fully saturated rings. The van der Waals surface area contributed by atoms with Gasteiger partial charge in [0.2, 0.25) is 17.7 Å². The first-order valence-corrected chi connectivity index (χ1v) is 12.6. The Hall–Kier alpha value is -3.44. The van der Waals surface area contributed by atoms with Crippen molar-refractivity contribution in [3.63, 3.8) is 0 Å². The Morgan fingerprint density at radius 1 is 1.19 bits per heavy atom. The predicted octanol–water partition coefficient (Wildman–Crippen LogP) is 1.36. The van der Waals surface area contributed by atoms with Gasteiger partial charge in [0.1, 0.15) is 18.8 Å². The quantitative estimate of drug-likeness (QED) is 0.350. The van der Waals surface area contributed by atoms with E-state index in [9.17, 15) is 19.2 Å². The van der Waals surface area contributed by atoms with Gasteiger partial charge in [0.25, 0.3) is 0 Å². The van der Waals surface area contributed by atoms with Gasteiger partial charge in [-0.15, -0.1) is 0 Å². The van der Waals surface area contributed by atoms with Crippen LogP contribution in [0.5, 0.6) is 0 Å². The first kappa shape index (κ1) is 28.1. The summed E-state index contributed by atoms with van der Waals surface area (Å²) in [6.45, 7) is 5.07. The van der Waals surface area contributed by atoms with Gasteiger partial charge in [-0.1, -0.05) is 42.5 Å². The third kappa shape index (κ3) is 7.53. The van der Waals surface area contributed by atoms with Crippen molar-refractivity contribution in [1.82, 2.24) is 25.1 Å². The molecule has 0 unspecified atom stereocenters. The highest BCUT2D eigenvalue weighted by Gasteiger charge is 2.49. The number of allylic oxidation sites excluding steroid dienone is 1. The second-order valence-electron chi connectivity index (χ2n) is 9.04. The van der Waals surface area contributed by atoms with E-state index in [0.717, 1.165) is 5.56 Å². The number of ether oxygens (including phenoxy) is 2. The van der Waals surface area contributed by atoms with E-state index in [1.807, 2.05) is 37.3 Å².